The third-order valence-electron chi connectivity index (χ3n) is 5.72. The first kappa shape index (κ1) is 20.4. The van der Waals surface area contributed by atoms with Crippen LogP contribution < -0.4 is 5.32 Å². The molecule has 0 spiro atoms. The molecule has 1 fully saturated rings. The van der Waals surface area contributed by atoms with Crippen LogP contribution in [0.3, 0.4) is 0 Å². The molecule has 32 heavy (non-hydrogen) atoms. The van der Waals surface area contributed by atoms with E-state index in [0.29, 0.717) is 45.9 Å². The molecule has 1 aliphatic rings. The van der Waals surface area contributed by atoms with Crippen LogP contribution in [0.5, 0.6) is 0 Å². The highest BCUT2D eigenvalue weighted by Gasteiger charge is 2.32. The Morgan fingerprint density at radius 3 is 2.62 bits per heavy atom. The van der Waals surface area contributed by atoms with E-state index >= 15 is 0 Å². The number of rotatable bonds is 4. The summed E-state index contributed by atoms with van der Waals surface area (Å²) in [5.41, 5.74) is 3.77. The van der Waals surface area contributed by atoms with E-state index in [1.807, 2.05) is 31.2 Å². The Labute approximate surface area is 185 Å². The van der Waals surface area contributed by atoms with Gasteiger partial charge in [0.25, 0.3) is 5.91 Å². The average Bonchev–Trinajstić information content (AvgIpc) is 3.48. The molecule has 0 saturated carbocycles. The molecular weight excluding hydrogens is 428 g/mol. The van der Waals surface area contributed by atoms with Crippen LogP contribution in [0.1, 0.15) is 34.1 Å². The van der Waals surface area contributed by atoms with Crippen LogP contribution in [-0.2, 0) is 9.84 Å². The van der Waals surface area contributed by atoms with Gasteiger partial charge in [-0.05, 0) is 50.6 Å². The quantitative estimate of drug-likeness (QED) is 0.505. The summed E-state index contributed by atoms with van der Waals surface area (Å²) >= 11 is 0. The van der Waals surface area contributed by atoms with Crippen molar-refractivity contribution < 1.29 is 17.6 Å². The van der Waals surface area contributed by atoms with E-state index in [0.717, 1.165) is 5.56 Å². The van der Waals surface area contributed by atoms with Crippen molar-refractivity contribution in [1.29, 1.82) is 0 Å². The zero-order valence-corrected chi connectivity index (χ0v) is 18.5. The van der Waals surface area contributed by atoms with Crippen LogP contribution in [0.2, 0.25) is 0 Å². The molecule has 1 saturated heterocycles. The number of nitrogens with zero attached hydrogens (tertiary/aromatic N) is 3. The van der Waals surface area contributed by atoms with Gasteiger partial charge in [0.15, 0.2) is 21.2 Å². The molecule has 9 heteroatoms. The van der Waals surface area contributed by atoms with Crippen LogP contribution in [0.4, 0.5) is 5.69 Å². The van der Waals surface area contributed by atoms with Crippen molar-refractivity contribution in [2.75, 3.05) is 16.8 Å². The minimum atomic E-state index is -3.11. The normalized spacial score (nSPS) is 17.6. The molecule has 1 aliphatic heterocycles. The fourth-order valence-corrected chi connectivity index (χ4v) is 5.79. The molecule has 1 N–H and O–H groups in total. The molecule has 1 atom stereocenters. The lowest BCUT2D eigenvalue weighted by molar-refractivity contribution is 0.102. The summed E-state index contributed by atoms with van der Waals surface area (Å²) in [5.74, 6) is 0.355. The maximum Gasteiger partial charge on any atom is 0.256 e. The number of hydrogen-bond acceptors (Lipinski definition) is 6. The fraction of sp³-hybridized carbons (Fsp3) is 0.261. The molecule has 0 radical (unpaired) electrons. The van der Waals surface area contributed by atoms with E-state index in [-0.39, 0.29) is 23.5 Å². The van der Waals surface area contributed by atoms with Crippen LogP contribution >= 0.6 is 0 Å². The number of benzene rings is 1. The maximum absolute atomic E-state index is 13.3. The summed E-state index contributed by atoms with van der Waals surface area (Å²) < 4.78 is 31.3. The number of hydrogen-bond donors (Lipinski definition) is 1. The number of carbonyl (C=O) groups is 1. The lowest BCUT2D eigenvalue weighted by Crippen LogP contribution is -2.15. The molecule has 164 valence electrons. The van der Waals surface area contributed by atoms with Crippen molar-refractivity contribution in [3.8, 4) is 11.5 Å². The van der Waals surface area contributed by atoms with Gasteiger partial charge in [0, 0.05) is 5.69 Å². The largest absolute Gasteiger partial charge is 0.463 e. The molecule has 3 aromatic heterocycles. The van der Waals surface area contributed by atoms with Gasteiger partial charge in [0.1, 0.15) is 5.69 Å². The zero-order chi connectivity index (χ0) is 22.5. The monoisotopic (exact) mass is 450 g/mol. The number of furan rings is 1. The van der Waals surface area contributed by atoms with Crippen molar-refractivity contribution in [2.24, 2.45) is 0 Å². The number of nitrogens with one attached hydrogen (secondary N) is 1. The fourth-order valence-electron chi connectivity index (χ4n) is 4.10. The third kappa shape index (κ3) is 3.69. The van der Waals surface area contributed by atoms with E-state index in [4.69, 9.17) is 9.40 Å². The minimum Gasteiger partial charge on any atom is -0.463 e. The zero-order valence-electron chi connectivity index (χ0n) is 17.7. The highest BCUT2D eigenvalue weighted by atomic mass is 32.2. The highest BCUT2D eigenvalue weighted by Crippen LogP contribution is 2.32. The predicted octanol–water partition coefficient (Wildman–Crippen LogP) is 3.92. The van der Waals surface area contributed by atoms with Crippen molar-refractivity contribution in [3.05, 3.63) is 65.5 Å². The van der Waals surface area contributed by atoms with Crippen molar-refractivity contribution >= 4 is 32.5 Å². The van der Waals surface area contributed by atoms with Crippen molar-refractivity contribution in [2.45, 2.75) is 26.3 Å². The van der Waals surface area contributed by atoms with E-state index in [1.165, 1.54) is 0 Å². The van der Waals surface area contributed by atoms with Gasteiger partial charge < -0.3 is 9.73 Å². The Hall–Kier alpha value is -3.46. The number of amides is 1. The van der Waals surface area contributed by atoms with Gasteiger partial charge in [-0.3, -0.25) is 4.79 Å². The first-order chi connectivity index (χ1) is 15.3. The minimum absolute atomic E-state index is 0.0147. The lowest BCUT2D eigenvalue weighted by atomic mass is 10.1. The van der Waals surface area contributed by atoms with Gasteiger partial charge in [-0.25, -0.2) is 18.1 Å². The summed E-state index contributed by atoms with van der Waals surface area (Å²) in [6, 6.07) is 12.4. The standard InChI is InChI=1S/C23H22N4O4S/c1-14-5-7-16(8-6-14)24-23(28)18-12-19(20-4-3-10-31-20)25-22-21(18)15(2)26-27(22)17-9-11-32(29,30)13-17/h3-8,10,12,17H,9,11,13H2,1-2H3,(H,24,28). The summed E-state index contributed by atoms with van der Waals surface area (Å²) in [5, 5.41) is 8.15. The second kappa shape index (κ2) is 7.59. The third-order valence-corrected chi connectivity index (χ3v) is 7.47. The molecule has 1 amide bonds. The number of aryl methyl sites for hydroxylation is 2. The van der Waals surface area contributed by atoms with Gasteiger partial charge in [0.05, 0.1) is 40.5 Å². The number of fused-ring (bicyclic) bond motifs is 1. The Morgan fingerprint density at radius 1 is 1.19 bits per heavy atom. The van der Waals surface area contributed by atoms with Crippen LogP contribution in [0.25, 0.3) is 22.5 Å². The number of pyridine rings is 1. The number of sulfone groups is 1. The van der Waals surface area contributed by atoms with Crippen LogP contribution in [0, 0.1) is 13.8 Å². The average molecular weight is 451 g/mol. The molecule has 4 aromatic rings. The van der Waals surface area contributed by atoms with Crippen molar-refractivity contribution in [3.63, 3.8) is 0 Å². The van der Waals surface area contributed by atoms with Gasteiger partial charge >= 0.3 is 0 Å². The maximum atomic E-state index is 13.3. The van der Waals surface area contributed by atoms with E-state index < -0.39 is 9.84 Å². The Morgan fingerprint density at radius 2 is 1.97 bits per heavy atom. The van der Waals surface area contributed by atoms with Crippen LogP contribution in [-0.4, -0.2) is 40.6 Å². The number of anilines is 1. The molecule has 4 heterocycles. The highest BCUT2D eigenvalue weighted by molar-refractivity contribution is 7.91. The topological polar surface area (TPSA) is 107 Å². The molecule has 8 nitrogen and oxygen atoms in total. The molecule has 0 aliphatic carbocycles. The first-order valence-corrected chi connectivity index (χ1v) is 12.1. The smallest absolute Gasteiger partial charge is 0.256 e. The summed E-state index contributed by atoms with van der Waals surface area (Å²) in [6.07, 6.45) is 2.01. The Bertz CT molecular complexity index is 1420. The second-order valence-corrected chi connectivity index (χ2v) is 10.4. The first-order valence-electron chi connectivity index (χ1n) is 10.3. The van der Waals surface area contributed by atoms with E-state index in [2.05, 4.69) is 10.4 Å². The van der Waals surface area contributed by atoms with E-state index in [1.54, 1.807) is 36.1 Å². The van der Waals surface area contributed by atoms with E-state index in [9.17, 15) is 13.2 Å². The number of carbonyl (C=O) groups excluding carboxylic acids is 1. The Kier molecular flexibility index (Phi) is 4.85. The van der Waals surface area contributed by atoms with Crippen LogP contribution in [0.15, 0.2) is 53.1 Å². The molecule has 0 bridgehead atoms. The van der Waals surface area contributed by atoms with Gasteiger partial charge in [-0.2, -0.15) is 5.10 Å². The van der Waals surface area contributed by atoms with Gasteiger partial charge in [-0.15, -0.1) is 0 Å². The summed E-state index contributed by atoms with van der Waals surface area (Å²) in [4.78, 5) is 18.0. The molecular formula is C23H22N4O4S. The van der Waals surface area contributed by atoms with Crippen molar-refractivity contribution in [1.82, 2.24) is 14.8 Å². The lowest BCUT2D eigenvalue weighted by Gasteiger charge is -2.12. The summed E-state index contributed by atoms with van der Waals surface area (Å²) in [7, 11) is -3.11. The number of aromatic nitrogens is 3. The predicted molar refractivity (Wildman–Crippen MR) is 121 cm³/mol. The SMILES string of the molecule is Cc1ccc(NC(=O)c2cc(-c3ccco3)nc3c2c(C)nn3C2CCS(=O)(=O)C2)cc1. The molecule has 1 unspecified atom stereocenters. The molecule has 1 aromatic carbocycles. The Balaban J connectivity index is 1.66. The summed E-state index contributed by atoms with van der Waals surface area (Å²) in [6.45, 7) is 3.79. The van der Waals surface area contributed by atoms with Gasteiger partial charge in [0.2, 0.25) is 0 Å². The van der Waals surface area contributed by atoms with Gasteiger partial charge in [-0.1, -0.05) is 17.7 Å². The molecule has 5 rings (SSSR count). The second-order valence-electron chi connectivity index (χ2n) is 8.14.